The maximum Gasteiger partial charge on any atom is 0.211 e. The number of ether oxygens (including phenoxy) is 2. The van der Waals surface area contributed by atoms with Crippen LogP contribution in [-0.2, 0) is 16.6 Å². The summed E-state index contributed by atoms with van der Waals surface area (Å²) < 4.78 is 36.1. The fraction of sp³-hybridized carbons (Fsp3) is 0.500. The molecule has 0 unspecified atom stereocenters. The van der Waals surface area contributed by atoms with Gasteiger partial charge in [0.05, 0.1) is 20.0 Å². The summed E-state index contributed by atoms with van der Waals surface area (Å²) in [7, 11) is -0.217. The summed E-state index contributed by atoms with van der Waals surface area (Å²) in [5.74, 6) is 1.59. The lowest BCUT2D eigenvalue weighted by Crippen LogP contribution is -2.26. The Balaban J connectivity index is 2.72. The zero-order valence-electron chi connectivity index (χ0n) is 11.0. The summed E-state index contributed by atoms with van der Waals surface area (Å²) in [6.07, 6.45) is 0.427. The molecule has 0 aliphatic rings. The molecule has 0 saturated carbocycles. The molecule has 1 rings (SSSR count). The smallest absolute Gasteiger partial charge is 0.211 e. The molecule has 0 heterocycles. The highest BCUT2D eigenvalue weighted by atomic mass is 35.5. The van der Waals surface area contributed by atoms with E-state index in [2.05, 4.69) is 4.72 Å². The van der Waals surface area contributed by atoms with E-state index in [0.717, 1.165) is 5.56 Å². The molecule has 19 heavy (non-hydrogen) atoms. The number of benzene rings is 1. The number of methoxy groups -OCH3 is 2. The largest absolute Gasteiger partial charge is 0.497 e. The monoisotopic (exact) mass is 307 g/mol. The van der Waals surface area contributed by atoms with Gasteiger partial charge in [-0.05, 0) is 12.5 Å². The van der Waals surface area contributed by atoms with Gasteiger partial charge in [-0.1, -0.05) is 6.07 Å². The van der Waals surface area contributed by atoms with E-state index in [-0.39, 0.29) is 12.3 Å². The lowest BCUT2D eigenvalue weighted by atomic mass is 10.2. The molecule has 0 amide bonds. The van der Waals surface area contributed by atoms with Gasteiger partial charge in [0.1, 0.15) is 11.5 Å². The van der Waals surface area contributed by atoms with Crippen LogP contribution in [0.3, 0.4) is 0 Å². The van der Waals surface area contributed by atoms with Crippen molar-refractivity contribution >= 4 is 21.6 Å². The van der Waals surface area contributed by atoms with E-state index < -0.39 is 10.0 Å². The number of sulfonamides is 1. The van der Waals surface area contributed by atoms with Crippen molar-refractivity contribution in [3.05, 3.63) is 23.8 Å². The molecule has 0 atom stereocenters. The van der Waals surface area contributed by atoms with Crippen molar-refractivity contribution in [2.45, 2.75) is 13.0 Å². The quantitative estimate of drug-likeness (QED) is 0.743. The first kappa shape index (κ1) is 16.1. The van der Waals surface area contributed by atoms with Gasteiger partial charge in [0, 0.05) is 24.1 Å². The van der Waals surface area contributed by atoms with Gasteiger partial charge in [-0.15, -0.1) is 11.6 Å². The molecule has 108 valence electrons. The van der Waals surface area contributed by atoms with Crippen LogP contribution in [-0.4, -0.2) is 34.3 Å². The molecular formula is C12H18ClNO4S. The second kappa shape index (κ2) is 7.57. The van der Waals surface area contributed by atoms with Crippen molar-refractivity contribution in [2.75, 3.05) is 25.9 Å². The molecule has 0 fully saturated rings. The number of hydrogen-bond acceptors (Lipinski definition) is 4. The van der Waals surface area contributed by atoms with Crippen LogP contribution in [0.4, 0.5) is 0 Å². The molecule has 0 aliphatic carbocycles. The van der Waals surface area contributed by atoms with Gasteiger partial charge < -0.3 is 9.47 Å². The Morgan fingerprint density at radius 2 is 2.00 bits per heavy atom. The molecule has 7 heteroatoms. The van der Waals surface area contributed by atoms with Crippen molar-refractivity contribution in [3.8, 4) is 11.5 Å². The fourth-order valence-corrected chi connectivity index (χ4v) is 2.84. The minimum atomic E-state index is -3.30. The standard InChI is InChI=1S/C12H18ClNO4S/c1-17-11-5-4-10(12(8-11)18-2)9-14-19(15,16)7-3-6-13/h4-5,8,14H,3,6-7,9H2,1-2H3. The van der Waals surface area contributed by atoms with Crippen LogP contribution in [0.15, 0.2) is 18.2 Å². The lowest BCUT2D eigenvalue weighted by molar-refractivity contribution is 0.390. The summed E-state index contributed by atoms with van der Waals surface area (Å²) in [4.78, 5) is 0. The van der Waals surface area contributed by atoms with Gasteiger partial charge in [-0.25, -0.2) is 13.1 Å². The molecule has 1 aromatic carbocycles. The lowest BCUT2D eigenvalue weighted by Gasteiger charge is -2.11. The zero-order valence-corrected chi connectivity index (χ0v) is 12.6. The van der Waals surface area contributed by atoms with E-state index in [1.165, 1.54) is 7.11 Å². The number of hydrogen-bond donors (Lipinski definition) is 1. The summed E-state index contributed by atoms with van der Waals surface area (Å²) in [5, 5.41) is 0. The van der Waals surface area contributed by atoms with E-state index in [1.807, 2.05) is 0 Å². The normalized spacial score (nSPS) is 11.3. The Bertz CT molecular complexity index is 504. The van der Waals surface area contributed by atoms with Crippen molar-refractivity contribution in [1.29, 1.82) is 0 Å². The Morgan fingerprint density at radius 3 is 2.58 bits per heavy atom. The van der Waals surface area contributed by atoms with E-state index in [4.69, 9.17) is 21.1 Å². The SMILES string of the molecule is COc1ccc(CNS(=O)(=O)CCCCl)c(OC)c1. The summed E-state index contributed by atoms with van der Waals surface area (Å²) in [6.45, 7) is 0.178. The van der Waals surface area contributed by atoms with E-state index in [0.29, 0.717) is 23.8 Å². The highest BCUT2D eigenvalue weighted by molar-refractivity contribution is 7.89. The number of rotatable bonds is 8. The van der Waals surface area contributed by atoms with Gasteiger partial charge in [-0.3, -0.25) is 0 Å². The molecule has 0 saturated heterocycles. The molecule has 5 nitrogen and oxygen atoms in total. The third-order valence-electron chi connectivity index (χ3n) is 2.52. The second-order valence-electron chi connectivity index (χ2n) is 3.86. The Kier molecular flexibility index (Phi) is 6.41. The van der Waals surface area contributed by atoms with Crippen LogP contribution in [0.2, 0.25) is 0 Å². The van der Waals surface area contributed by atoms with Crippen molar-refractivity contribution in [2.24, 2.45) is 0 Å². The van der Waals surface area contributed by atoms with Gasteiger partial charge in [0.2, 0.25) is 10.0 Å². The maximum atomic E-state index is 11.7. The predicted octanol–water partition coefficient (Wildman–Crippen LogP) is 1.75. The topological polar surface area (TPSA) is 64.6 Å². The number of halogens is 1. The molecule has 0 bridgehead atoms. The van der Waals surface area contributed by atoms with Crippen molar-refractivity contribution in [3.63, 3.8) is 0 Å². The average molecular weight is 308 g/mol. The number of nitrogens with one attached hydrogen (secondary N) is 1. The maximum absolute atomic E-state index is 11.7. The van der Waals surface area contributed by atoms with Crippen molar-refractivity contribution in [1.82, 2.24) is 4.72 Å². The molecule has 0 aliphatic heterocycles. The van der Waals surface area contributed by atoms with Gasteiger partial charge >= 0.3 is 0 Å². The van der Waals surface area contributed by atoms with Crippen LogP contribution in [0.25, 0.3) is 0 Å². The van der Waals surface area contributed by atoms with Crippen LogP contribution < -0.4 is 14.2 Å². The van der Waals surface area contributed by atoms with Crippen LogP contribution in [0.1, 0.15) is 12.0 Å². The van der Waals surface area contributed by atoms with Crippen LogP contribution >= 0.6 is 11.6 Å². The molecule has 1 aromatic rings. The zero-order chi connectivity index (χ0) is 14.3. The molecule has 0 aromatic heterocycles. The molecule has 0 spiro atoms. The minimum absolute atomic E-state index is 0.0228. The molecule has 1 N–H and O–H groups in total. The van der Waals surface area contributed by atoms with Gasteiger partial charge in [0.15, 0.2) is 0 Å². The summed E-state index contributed by atoms with van der Waals surface area (Å²) in [6, 6.07) is 5.23. The first-order valence-electron chi connectivity index (χ1n) is 5.76. The minimum Gasteiger partial charge on any atom is -0.497 e. The van der Waals surface area contributed by atoms with Crippen LogP contribution in [0.5, 0.6) is 11.5 Å². The van der Waals surface area contributed by atoms with Crippen LogP contribution in [0, 0.1) is 0 Å². The number of alkyl halides is 1. The van der Waals surface area contributed by atoms with Gasteiger partial charge in [0.25, 0.3) is 0 Å². The highest BCUT2D eigenvalue weighted by Gasteiger charge is 2.11. The molecular weight excluding hydrogens is 290 g/mol. The first-order valence-corrected chi connectivity index (χ1v) is 7.95. The van der Waals surface area contributed by atoms with E-state index >= 15 is 0 Å². The predicted molar refractivity (Wildman–Crippen MR) is 75.5 cm³/mol. The summed E-state index contributed by atoms with van der Waals surface area (Å²) >= 11 is 5.48. The average Bonchev–Trinajstić information content (AvgIpc) is 2.42. The van der Waals surface area contributed by atoms with E-state index in [9.17, 15) is 8.42 Å². The Hall–Kier alpha value is -0.980. The second-order valence-corrected chi connectivity index (χ2v) is 6.16. The third kappa shape index (κ3) is 5.26. The summed E-state index contributed by atoms with van der Waals surface area (Å²) in [5.41, 5.74) is 0.748. The first-order chi connectivity index (χ1) is 9.02. The highest BCUT2D eigenvalue weighted by Crippen LogP contribution is 2.24. The van der Waals surface area contributed by atoms with E-state index in [1.54, 1.807) is 25.3 Å². The Labute approximate surface area is 118 Å². The van der Waals surface area contributed by atoms with Crippen molar-refractivity contribution < 1.29 is 17.9 Å². The fourth-order valence-electron chi connectivity index (χ4n) is 1.50. The Morgan fingerprint density at radius 1 is 1.26 bits per heavy atom. The van der Waals surface area contributed by atoms with Gasteiger partial charge in [-0.2, -0.15) is 0 Å². The molecule has 0 radical (unpaired) electrons. The third-order valence-corrected chi connectivity index (χ3v) is 4.20.